The Morgan fingerprint density at radius 2 is 1.53 bits per heavy atom. The van der Waals surface area contributed by atoms with Gasteiger partial charge in [0.25, 0.3) is 8.32 Å². The monoisotopic (exact) mass is 480 g/mol. The van der Waals surface area contributed by atoms with Gasteiger partial charge in [0.1, 0.15) is 6.10 Å². The summed E-state index contributed by atoms with van der Waals surface area (Å²) in [6.45, 7) is 10.6. The lowest BCUT2D eigenvalue weighted by atomic mass is 9.93. The predicted molar refractivity (Wildman–Crippen MR) is 130 cm³/mol. The molecule has 0 aromatic heterocycles. The van der Waals surface area contributed by atoms with Crippen LogP contribution in [-0.4, -0.2) is 50.8 Å². The van der Waals surface area contributed by atoms with Gasteiger partial charge < -0.3 is 23.4 Å². The van der Waals surface area contributed by atoms with Gasteiger partial charge in [-0.05, 0) is 35.3 Å². The molecule has 0 unspecified atom stereocenters. The highest BCUT2D eigenvalue weighted by molar-refractivity contribution is 6.99. The van der Waals surface area contributed by atoms with Crippen LogP contribution < -0.4 is 10.4 Å². The minimum absolute atomic E-state index is 0.186. The Labute approximate surface area is 201 Å². The van der Waals surface area contributed by atoms with Gasteiger partial charge in [0.15, 0.2) is 23.8 Å². The van der Waals surface area contributed by atoms with E-state index in [0.717, 1.165) is 0 Å². The average Bonchev–Trinajstić information content (AvgIpc) is 3.41. The molecule has 0 amide bonds. The van der Waals surface area contributed by atoms with Crippen LogP contribution in [-0.2, 0) is 28.2 Å². The number of carbonyl (C=O) groups excluding carboxylic acids is 1. The summed E-state index contributed by atoms with van der Waals surface area (Å²) in [5, 5.41) is 2.16. The summed E-state index contributed by atoms with van der Waals surface area (Å²) >= 11 is 0. The molecule has 0 N–H and O–H groups in total. The van der Waals surface area contributed by atoms with Gasteiger partial charge in [0.05, 0.1) is 6.61 Å². The van der Waals surface area contributed by atoms with Gasteiger partial charge in [0.2, 0.25) is 0 Å². The Morgan fingerprint density at radius 1 is 0.941 bits per heavy atom. The molecule has 2 aromatic rings. The Bertz CT molecular complexity index is 1040. The average molecular weight is 481 g/mol. The van der Waals surface area contributed by atoms with Gasteiger partial charge in [-0.25, -0.2) is 4.79 Å². The number of hydrogen-bond donors (Lipinski definition) is 0. The molecule has 5 rings (SSSR count). The Hall–Kier alpha value is -2.29. The van der Waals surface area contributed by atoms with E-state index in [2.05, 4.69) is 69.3 Å². The highest BCUT2D eigenvalue weighted by Gasteiger charge is 2.67. The standard InChI is InChI=1S/C27H32O6Si/c1-25(2,3)34(19-12-8-6-9-13-19,20-14-10-7-11-15-20)29-18-21-27(17-16-22(28)31-27)23-24(30-21)33-26(4,5)32-23/h6-17,21,23-24H,18H2,1-5H3/t21-,23+,24-,27-/m1/s1. The van der Waals surface area contributed by atoms with E-state index in [4.69, 9.17) is 23.4 Å². The van der Waals surface area contributed by atoms with Crippen LogP contribution in [0.5, 0.6) is 0 Å². The fourth-order valence-corrected chi connectivity index (χ4v) is 10.0. The molecule has 2 saturated heterocycles. The molecule has 0 aliphatic carbocycles. The number of benzene rings is 2. The van der Waals surface area contributed by atoms with Crippen molar-refractivity contribution in [1.82, 2.24) is 0 Å². The number of fused-ring (bicyclic) bond motifs is 2. The highest BCUT2D eigenvalue weighted by atomic mass is 28.4. The second-order valence-electron chi connectivity index (χ2n) is 10.6. The maximum absolute atomic E-state index is 12.2. The molecule has 0 saturated carbocycles. The molecule has 0 bridgehead atoms. The van der Waals surface area contributed by atoms with Crippen LogP contribution in [0.2, 0.25) is 5.04 Å². The smallest absolute Gasteiger partial charge is 0.331 e. The van der Waals surface area contributed by atoms with Gasteiger partial charge in [-0.1, -0.05) is 81.4 Å². The normalized spacial score (nSPS) is 30.0. The second kappa shape index (κ2) is 8.14. The van der Waals surface area contributed by atoms with Crippen molar-refractivity contribution < 1.29 is 28.2 Å². The highest BCUT2D eigenvalue weighted by Crippen LogP contribution is 2.48. The quantitative estimate of drug-likeness (QED) is 0.484. The van der Waals surface area contributed by atoms with E-state index < -0.39 is 44.2 Å². The van der Waals surface area contributed by atoms with Crippen LogP contribution in [0.3, 0.4) is 0 Å². The van der Waals surface area contributed by atoms with E-state index in [1.165, 1.54) is 16.4 Å². The van der Waals surface area contributed by atoms with Crippen molar-refractivity contribution in [3.8, 4) is 0 Å². The lowest BCUT2D eigenvalue weighted by molar-refractivity contribution is -0.229. The minimum atomic E-state index is -2.79. The molecule has 4 atom stereocenters. The van der Waals surface area contributed by atoms with Crippen LogP contribution in [0.1, 0.15) is 34.6 Å². The Morgan fingerprint density at radius 3 is 2.03 bits per heavy atom. The second-order valence-corrected chi connectivity index (χ2v) is 14.9. The molecular weight excluding hydrogens is 448 g/mol. The third-order valence-corrected chi connectivity index (χ3v) is 11.9. The largest absolute Gasteiger partial charge is 0.446 e. The summed E-state index contributed by atoms with van der Waals surface area (Å²) in [5.74, 6) is -1.23. The number of hydrogen-bond acceptors (Lipinski definition) is 6. The van der Waals surface area contributed by atoms with E-state index in [9.17, 15) is 4.79 Å². The van der Waals surface area contributed by atoms with E-state index in [0.29, 0.717) is 0 Å². The first-order chi connectivity index (χ1) is 16.1. The van der Waals surface area contributed by atoms with E-state index in [-0.39, 0.29) is 11.6 Å². The zero-order chi connectivity index (χ0) is 24.2. The fraction of sp³-hybridized carbons (Fsp3) is 0.444. The first-order valence-corrected chi connectivity index (χ1v) is 13.7. The summed E-state index contributed by atoms with van der Waals surface area (Å²) < 4.78 is 31.3. The SMILES string of the molecule is CC1(C)O[C@H]2O[C@H](CO[Si](c3ccccc3)(c3ccccc3)C(C)(C)C)[C@]3(C=CC(=O)O3)[C@H]2O1. The molecule has 34 heavy (non-hydrogen) atoms. The zero-order valence-electron chi connectivity index (χ0n) is 20.3. The van der Waals surface area contributed by atoms with Crippen molar-refractivity contribution in [3.63, 3.8) is 0 Å². The van der Waals surface area contributed by atoms with Gasteiger partial charge in [-0.15, -0.1) is 0 Å². The topological polar surface area (TPSA) is 63.2 Å². The summed E-state index contributed by atoms with van der Waals surface area (Å²) in [4.78, 5) is 12.2. The first kappa shape index (κ1) is 23.4. The molecule has 2 fully saturated rings. The molecule has 3 heterocycles. The van der Waals surface area contributed by atoms with Crippen molar-refractivity contribution in [2.45, 2.75) is 69.5 Å². The Kier molecular flexibility index (Phi) is 5.61. The van der Waals surface area contributed by atoms with Crippen LogP contribution in [0, 0.1) is 0 Å². The molecule has 3 aliphatic heterocycles. The van der Waals surface area contributed by atoms with Gasteiger partial charge in [-0.2, -0.15) is 0 Å². The van der Waals surface area contributed by atoms with Gasteiger partial charge in [-0.3, -0.25) is 0 Å². The lowest BCUT2D eigenvalue weighted by Crippen LogP contribution is -2.67. The molecule has 180 valence electrons. The molecule has 3 aliphatic rings. The number of ether oxygens (including phenoxy) is 4. The van der Waals surface area contributed by atoms with E-state index in [1.807, 2.05) is 26.0 Å². The molecule has 0 radical (unpaired) electrons. The van der Waals surface area contributed by atoms with Crippen LogP contribution in [0.4, 0.5) is 0 Å². The maximum Gasteiger partial charge on any atom is 0.331 e. The number of carbonyl (C=O) groups is 1. The van der Waals surface area contributed by atoms with Gasteiger partial charge in [0, 0.05) is 6.08 Å². The molecule has 2 aromatic carbocycles. The molecule has 1 spiro atoms. The summed E-state index contributed by atoms with van der Waals surface area (Å²) in [7, 11) is -2.79. The fourth-order valence-electron chi connectivity index (χ4n) is 5.48. The van der Waals surface area contributed by atoms with E-state index >= 15 is 0 Å². The van der Waals surface area contributed by atoms with Crippen molar-refractivity contribution in [1.29, 1.82) is 0 Å². The van der Waals surface area contributed by atoms with Crippen molar-refractivity contribution >= 4 is 24.7 Å². The molecule has 6 nitrogen and oxygen atoms in total. The third kappa shape index (κ3) is 3.67. The first-order valence-electron chi connectivity index (χ1n) is 11.8. The van der Waals surface area contributed by atoms with Crippen LogP contribution in [0.25, 0.3) is 0 Å². The summed E-state index contributed by atoms with van der Waals surface area (Å²) in [6, 6.07) is 20.8. The third-order valence-electron chi connectivity index (χ3n) is 6.93. The predicted octanol–water partition coefficient (Wildman–Crippen LogP) is 3.29. The van der Waals surface area contributed by atoms with Crippen LogP contribution in [0.15, 0.2) is 72.8 Å². The maximum atomic E-state index is 12.2. The molecular formula is C27H32O6Si. The van der Waals surface area contributed by atoms with E-state index in [1.54, 1.807) is 6.08 Å². The van der Waals surface area contributed by atoms with Crippen molar-refractivity contribution in [2.24, 2.45) is 0 Å². The summed E-state index contributed by atoms with van der Waals surface area (Å²) in [6.07, 6.45) is 1.43. The van der Waals surface area contributed by atoms with Crippen molar-refractivity contribution in [3.05, 3.63) is 72.8 Å². The number of esters is 1. The van der Waals surface area contributed by atoms with Gasteiger partial charge >= 0.3 is 5.97 Å². The zero-order valence-corrected chi connectivity index (χ0v) is 21.3. The van der Waals surface area contributed by atoms with Crippen molar-refractivity contribution in [2.75, 3.05) is 6.61 Å². The lowest BCUT2D eigenvalue weighted by Gasteiger charge is -2.44. The number of rotatable bonds is 5. The van der Waals surface area contributed by atoms with Crippen LogP contribution >= 0.6 is 0 Å². The summed E-state index contributed by atoms with van der Waals surface area (Å²) in [5.41, 5.74) is -1.08. The molecule has 7 heteroatoms. The Balaban J connectivity index is 1.53. The minimum Gasteiger partial charge on any atom is -0.446 e.